The average molecular weight is 267 g/mol. The van der Waals surface area contributed by atoms with Gasteiger partial charge in [-0.2, -0.15) is 0 Å². The fourth-order valence-corrected chi connectivity index (χ4v) is 2.55. The number of nitrogens with zero attached hydrogens (tertiary/aromatic N) is 2. The lowest BCUT2D eigenvalue weighted by molar-refractivity contribution is -0.147. The van der Waals surface area contributed by atoms with Crippen molar-refractivity contribution < 1.29 is 9.59 Å². The van der Waals surface area contributed by atoms with Gasteiger partial charge in [-0.05, 0) is 5.41 Å². The summed E-state index contributed by atoms with van der Waals surface area (Å²) < 4.78 is 0. The summed E-state index contributed by atoms with van der Waals surface area (Å²) in [4.78, 5) is 29.7. The van der Waals surface area contributed by atoms with Crippen LogP contribution in [-0.4, -0.2) is 34.3 Å². The molecule has 1 N–H and O–H groups in total. The highest BCUT2D eigenvalue weighted by Crippen LogP contribution is 2.24. The molecular formula is C12H17N3O2S. The zero-order chi connectivity index (χ0) is 13.3. The van der Waals surface area contributed by atoms with Crippen molar-refractivity contribution in [2.24, 2.45) is 5.41 Å². The topological polar surface area (TPSA) is 62.3 Å². The van der Waals surface area contributed by atoms with Gasteiger partial charge in [0.15, 0.2) is 0 Å². The number of hydrogen-bond donors (Lipinski definition) is 1. The minimum Gasteiger partial charge on any atom is -0.342 e. The van der Waals surface area contributed by atoms with Crippen molar-refractivity contribution >= 4 is 23.2 Å². The Kier molecular flexibility index (Phi) is 3.38. The lowest BCUT2D eigenvalue weighted by atomic mass is 9.85. The number of amides is 2. The van der Waals surface area contributed by atoms with Gasteiger partial charge in [0.2, 0.25) is 11.8 Å². The molecule has 1 aromatic heterocycles. The molecule has 1 aliphatic rings. The van der Waals surface area contributed by atoms with Crippen LogP contribution in [0.5, 0.6) is 0 Å². The van der Waals surface area contributed by atoms with Crippen LogP contribution in [-0.2, 0) is 16.1 Å². The van der Waals surface area contributed by atoms with Gasteiger partial charge in [0.25, 0.3) is 0 Å². The van der Waals surface area contributed by atoms with Crippen LogP contribution in [0.3, 0.4) is 0 Å². The minimum absolute atomic E-state index is 0.0303. The van der Waals surface area contributed by atoms with Crippen molar-refractivity contribution in [3.05, 3.63) is 16.6 Å². The smallest absolute Gasteiger partial charge is 0.246 e. The molecule has 18 heavy (non-hydrogen) atoms. The van der Waals surface area contributed by atoms with Gasteiger partial charge < -0.3 is 10.2 Å². The van der Waals surface area contributed by atoms with Gasteiger partial charge in [-0.15, -0.1) is 11.3 Å². The second-order valence-corrected chi connectivity index (χ2v) is 6.47. The fourth-order valence-electron chi connectivity index (χ4n) is 1.92. The fraction of sp³-hybridized carbons (Fsp3) is 0.583. The maximum Gasteiger partial charge on any atom is 0.246 e. The summed E-state index contributed by atoms with van der Waals surface area (Å²) in [7, 11) is 0. The lowest BCUT2D eigenvalue weighted by Gasteiger charge is -2.38. The molecule has 1 atom stereocenters. The van der Waals surface area contributed by atoms with Gasteiger partial charge in [0.05, 0.1) is 6.54 Å². The van der Waals surface area contributed by atoms with E-state index in [4.69, 9.17) is 0 Å². The second-order valence-electron chi connectivity index (χ2n) is 5.49. The van der Waals surface area contributed by atoms with Crippen molar-refractivity contribution in [2.75, 3.05) is 6.54 Å². The molecule has 2 rings (SSSR count). The van der Waals surface area contributed by atoms with Crippen LogP contribution in [0.2, 0.25) is 0 Å². The number of nitrogens with one attached hydrogen (secondary N) is 1. The van der Waals surface area contributed by atoms with Crippen molar-refractivity contribution in [3.63, 3.8) is 0 Å². The Labute approximate surface area is 110 Å². The van der Waals surface area contributed by atoms with E-state index in [2.05, 4.69) is 10.3 Å². The van der Waals surface area contributed by atoms with Gasteiger partial charge >= 0.3 is 0 Å². The van der Waals surface area contributed by atoms with Crippen molar-refractivity contribution in [1.82, 2.24) is 15.2 Å². The van der Waals surface area contributed by atoms with Crippen LogP contribution >= 0.6 is 11.3 Å². The Bertz CT molecular complexity index is 450. The SMILES string of the molecule is CC(C)(C)C1NC(=O)CN(Cc2nccs2)C1=O. The summed E-state index contributed by atoms with van der Waals surface area (Å²) in [6, 6.07) is -0.460. The monoisotopic (exact) mass is 267 g/mol. The van der Waals surface area contributed by atoms with Gasteiger partial charge in [-0.25, -0.2) is 4.98 Å². The molecule has 2 heterocycles. The normalized spacial score (nSPS) is 21.1. The molecule has 0 aliphatic carbocycles. The van der Waals surface area contributed by atoms with Crippen LogP contribution in [0.4, 0.5) is 0 Å². The van der Waals surface area contributed by atoms with E-state index in [1.165, 1.54) is 11.3 Å². The molecule has 1 aromatic rings. The number of hydrogen-bond acceptors (Lipinski definition) is 4. The highest BCUT2D eigenvalue weighted by molar-refractivity contribution is 7.09. The first kappa shape index (κ1) is 13.0. The Morgan fingerprint density at radius 2 is 2.22 bits per heavy atom. The molecule has 0 saturated carbocycles. The molecule has 98 valence electrons. The largest absolute Gasteiger partial charge is 0.342 e. The van der Waals surface area contributed by atoms with E-state index in [1.807, 2.05) is 26.2 Å². The predicted molar refractivity (Wildman–Crippen MR) is 68.9 cm³/mol. The van der Waals surface area contributed by atoms with E-state index in [9.17, 15) is 9.59 Å². The summed E-state index contributed by atoms with van der Waals surface area (Å²) >= 11 is 1.49. The number of aromatic nitrogens is 1. The first-order valence-corrected chi connectivity index (χ1v) is 6.72. The third-order valence-electron chi connectivity index (χ3n) is 2.87. The Morgan fingerprint density at radius 1 is 1.50 bits per heavy atom. The van der Waals surface area contributed by atoms with Gasteiger partial charge in [0.1, 0.15) is 17.6 Å². The van der Waals surface area contributed by atoms with Gasteiger partial charge in [-0.1, -0.05) is 20.8 Å². The number of carbonyl (C=O) groups excluding carboxylic acids is 2. The summed E-state index contributed by atoms with van der Waals surface area (Å²) in [5.74, 6) is -0.136. The molecule has 6 heteroatoms. The molecule has 0 aromatic carbocycles. The first-order chi connectivity index (χ1) is 8.38. The maximum atomic E-state index is 12.3. The molecule has 1 aliphatic heterocycles. The Balaban J connectivity index is 2.15. The third kappa shape index (κ3) is 2.69. The summed E-state index contributed by atoms with van der Waals surface area (Å²) in [5, 5.41) is 5.49. The van der Waals surface area contributed by atoms with E-state index in [0.717, 1.165) is 5.01 Å². The molecule has 5 nitrogen and oxygen atoms in total. The Morgan fingerprint density at radius 3 is 2.78 bits per heavy atom. The Hall–Kier alpha value is -1.43. The quantitative estimate of drug-likeness (QED) is 0.870. The molecule has 2 amide bonds. The van der Waals surface area contributed by atoms with E-state index in [1.54, 1.807) is 11.1 Å². The summed E-state index contributed by atoms with van der Waals surface area (Å²) in [6.07, 6.45) is 1.70. The standard InChI is InChI=1S/C12H17N3O2S/c1-12(2,3)10-11(17)15(6-8(16)14-10)7-9-13-4-5-18-9/h4-5,10H,6-7H2,1-3H3,(H,14,16). The number of rotatable bonds is 2. The van der Waals surface area contributed by atoms with Gasteiger partial charge in [0, 0.05) is 11.6 Å². The molecule has 1 saturated heterocycles. The maximum absolute atomic E-state index is 12.3. The van der Waals surface area contributed by atoms with Crippen LogP contribution in [0.15, 0.2) is 11.6 Å². The van der Waals surface area contributed by atoms with Crippen LogP contribution in [0.25, 0.3) is 0 Å². The number of carbonyl (C=O) groups is 2. The van der Waals surface area contributed by atoms with E-state index in [0.29, 0.717) is 6.54 Å². The molecular weight excluding hydrogens is 250 g/mol. The van der Waals surface area contributed by atoms with Crippen LogP contribution < -0.4 is 5.32 Å². The summed E-state index contributed by atoms with van der Waals surface area (Å²) in [6.45, 7) is 6.37. The van der Waals surface area contributed by atoms with E-state index < -0.39 is 6.04 Å². The zero-order valence-corrected chi connectivity index (χ0v) is 11.6. The minimum atomic E-state index is -0.460. The predicted octanol–water partition coefficient (Wildman–Crippen LogP) is 1.02. The third-order valence-corrected chi connectivity index (χ3v) is 3.64. The number of piperazine rings is 1. The highest BCUT2D eigenvalue weighted by Gasteiger charge is 2.39. The van der Waals surface area contributed by atoms with Crippen molar-refractivity contribution in [1.29, 1.82) is 0 Å². The average Bonchev–Trinajstić information content (AvgIpc) is 2.74. The summed E-state index contributed by atoms with van der Waals surface area (Å²) in [5.41, 5.74) is -0.283. The van der Waals surface area contributed by atoms with Crippen molar-refractivity contribution in [2.45, 2.75) is 33.4 Å². The van der Waals surface area contributed by atoms with Crippen LogP contribution in [0, 0.1) is 5.41 Å². The molecule has 1 unspecified atom stereocenters. The lowest BCUT2D eigenvalue weighted by Crippen LogP contribution is -2.61. The molecule has 0 spiro atoms. The van der Waals surface area contributed by atoms with E-state index >= 15 is 0 Å². The van der Waals surface area contributed by atoms with Crippen molar-refractivity contribution in [3.8, 4) is 0 Å². The molecule has 0 bridgehead atoms. The van der Waals surface area contributed by atoms with E-state index in [-0.39, 0.29) is 23.8 Å². The van der Waals surface area contributed by atoms with Crippen LogP contribution in [0.1, 0.15) is 25.8 Å². The zero-order valence-electron chi connectivity index (χ0n) is 10.8. The highest BCUT2D eigenvalue weighted by atomic mass is 32.1. The molecule has 0 radical (unpaired) electrons. The molecule has 1 fully saturated rings. The first-order valence-electron chi connectivity index (χ1n) is 5.84. The second kappa shape index (κ2) is 4.68. The number of thiazole rings is 1. The van der Waals surface area contributed by atoms with Gasteiger partial charge in [-0.3, -0.25) is 9.59 Å².